The van der Waals surface area contributed by atoms with Crippen molar-refractivity contribution in [2.45, 2.75) is 36.1 Å². The highest BCUT2D eigenvalue weighted by Crippen LogP contribution is 2.69. The molecule has 234 valence electrons. The number of hydrogen-bond donors (Lipinski definition) is 1. The molecule has 3 fully saturated rings. The van der Waals surface area contributed by atoms with E-state index in [0.29, 0.717) is 22.9 Å². The fraction of sp³-hybridized carbons (Fsp3) is 0.314. The number of esters is 1. The number of fused-ring (bicyclic) bond motifs is 9. The molecule has 4 aliphatic rings. The lowest BCUT2D eigenvalue weighted by atomic mass is 9.68. The molecule has 2 aliphatic heterocycles. The first-order valence-electron chi connectivity index (χ1n) is 15.3. The van der Waals surface area contributed by atoms with Crippen LogP contribution in [-0.2, 0) is 20.9 Å². The Bertz CT molecular complexity index is 1940. The van der Waals surface area contributed by atoms with Crippen molar-refractivity contribution in [2.24, 2.45) is 29.6 Å². The lowest BCUT2D eigenvalue weighted by Gasteiger charge is -2.43. The van der Waals surface area contributed by atoms with Crippen molar-refractivity contribution in [3.63, 3.8) is 0 Å². The Kier molecular flexibility index (Phi) is 7.34. The van der Waals surface area contributed by atoms with Crippen molar-refractivity contribution in [3.05, 3.63) is 109 Å². The highest BCUT2D eigenvalue weighted by atomic mass is 35.5. The highest BCUT2D eigenvalue weighted by molar-refractivity contribution is 8.00. The van der Waals surface area contributed by atoms with Crippen LogP contribution in [0.1, 0.15) is 45.6 Å². The molecule has 2 bridgehead atoms. The van der Waals surface area contributed by atoms with E-state index in [0.717, 1.165) is 33.2 Å². The number of rotatable bonds is 7. The molecule has 2 aliphatic carbocycles. The summed E-state index contributed by atoms with van der Waals surface area (Å²) < 4.78 is 11.5. The first kappa shape index (κ1) is 29.5. The number of carbonyl (C=O) groups is 3. The van der Waals surface area contributed by atoms with Crippen molar-refractivity contribution in [1.29, 1.82) is 0 Å². The van der Waals surface area contributed by atoms with Crippen molar-refractivity contribution < 1.29 is 23.9 Å². The van der Waals surface area contributed by atoms with Crippen LogP contribution in [0.15, 0.2) is 82.6 Å². The Morgan fingerprint density at radius 1 is 0.978 bits per heavy atom. The molecule has 0 unspecified atom stereocenters. The van der Waals surface area contributed by atoms with Crippen molar-refractivity contribution >= 4 is 58.2 Å². The van der Waals surface area contributed by atoms with Gasteiger partial charge in [-0.25, -0.2) is 4.79 Å². The average Bonchev–Trinajstić information content (AvgIpc) is 3.79. The van der Waals surface area contributed by atoms with Gasteiger partial charge in [0.15, 0.2) is 0 Å². The van der Waals surface area contributed by atoms with Gasteiger partial charge in [0, 0.05) is 26.6 Å². The second-order valence-electron chi connectivity index (χ2n) is 12.2. The van der Waals surface area contributed by atoms with E-state index in [1.807, 2.05) is 42.5 Å². The Labute approximate surface area is 278 Å². The zero-order chi connectivity index (χ0) is 31.7. The first-order chi connectivity index (χ1) is 22.3. The summed E-state index contributed by atoms with van der Waals surface area (Å²) >= 11 is 9.09. The van der Waals surface area contributed by atoms with Crippen LogP contribution in [0.2, 0.25) is 5.02 Å². The molecule has 1 aromatic heterocycles. The van der Waals surface area contributed by atoms with Crippen molar-refractivity contribution in [2.75, 3.05) is 11.5 Å². The van der Waals surface area contributed by atoms with E-state index in [2.05, 4.69) is 11.1 Å². The zero-order valence-electron chi connectivity index (χ0n) is 24.7. The quantitative estimate of drug-likeness (QED) is 0.176. The van der Waals surface area contributed by atoms with Crippen LogP contribution < -0.4 is 14.5 Å². The molecule has 3 heterocycles. The molecule has 11 heteroatoms. The molecular formula is C35H29ClN2O6S2. The fourth-order valence-electron chi connectivity index (χ4n) is 8.24. The predicted molar refractivity (Wildman–Crippen MR) is 176 cm³/mol. The molecule has 2 saturated carbocycles. The molecule has 8 nitrogen and oxygen atoms in total. The van der Waals surface area contributed by atoms with Gasteiger partial charge in [-0.3, -0.25) is 19.3 Å². The number of H-pyrrole nitrogens is 1. The van der Waals surface area contributed by atoms with Gasteiger partial charge in [0.25, 0.3) is 0 Å². The number of halogens is 1. The van der Waals surface area contributed by atoms with Crippen LogP contribution in [0.5, 0.6) is 5.75 Å². The number of anilines is 1. The summed E-state index contributed by atoms with van der Waals surface area (Å²) in [6, 6.07) is 22.0. The number of carbonyl (C=O) groups excluding carboxylic acids is 3. The van der Waals surface area contributed by atoms with E-state index in [9.17, 15) is 19.2 Å². The van der Waals surface area contributed by atoms with E-state index in [1.165, 1.54) is 16.2 Å². The monoisotopic (exact) mass is 672 g/mol. The summed E-state index contributed by atoms with van der Waals surface area (Å²) in [5.74, 6) is -1.14. The zero-order valence-corrected chi connectivity index (χ0v) is 27.1. The number of imide groups is 1. The molecule has 0 spiro atoms. The lowest BCUT2D eigenvalue weighted by molar-refractivity contribution is -0.123. The summed E-state index contributed by atoms with van der Waals surface area (Å²) in [6.45, 7) is 2.33. The number of amides is 2. The second-order valence-corrected chi connectivity index (χ2v) is 14.8. The van der Waals surface area contributed by atoms with E-state index in [1.54, 1.807) is 43.0 Å². The number of aromatic nitrogens is 1. The summed E-state index contributed by atoms with van der Waals surface area (Å²) in [7, 11) is 0. The third-order valence-electron chi connectivity index (χ3n) is 9.90. The molecule has 46 heavy (non-hydrogen) atoms. The minimum atomic E-state index is -0.447. The van der Waals surface area contributed by atoms with E-state index >= 15 is 0 Å². The van der Waals surface area contributed by atoms with Crippen LogP contribution in [0.4, 0.5) is 5.69 Å². The minimum absolute atomic E-state index is 0.0103. The second kappa shape index (κ2) is 11.4. The smallest absolute Gasteiger partial charge is 0.338 e. The van der Waals surface area contributed by atoms with Gasteiger partial charge < -0.3 is 14.5 Å². The molecule has 0 radical (unpaired) electrons. The Hall–Kier alpha value is -3.86. The molecule has 2 amide bonds. The summed E-state index contributed by atoms with van der Waals surface area (Å²) in [4.78, 5) is 58.3. The number of nitrogens with zero attached hydrogens (tertiary/aromatic N) is 1. The largest absolute Gasteiger partial charge is 0.489 e. The van der Waals surface area contributed by atoms with Gasteiger partial charge in [-0.15, -0.1) is 11.8 Å². The number of para-hydroxylation sites is 1. The van der Waals surface area contributed by atoms with Crippen LogP contribution >= 0.6 is 34.7 Å². The number of thioether (sulfide) groups is 1. The van der Waals surface area contributed by atoms with Crippen LogP contribution in [0.3, 0.4) is 0 Å². The standard InChI is InChI=1S/C35H29ClN2O6S2/c1-2-43-34(41)18-10-12-20(13-11-18)38-32(39)27-22-15-23(28(27)33(38)40)29-26(22)25(30-31(45-29)37-35(42)46-30)21-8-3-4-9-24(21)44-16-17-6-5-7-19(36)14-17/h3-14,22-23,25-29H,2,15-16H2,1H3,(H,37,42)/t22-,23-,25+,26+,27+,28+,29-/m1/s1. The van der Waals surface area contributed by atoms with Crippen molar-refractivity contribution in [3.8, 4) is 5.75 Å². The Morgan fingerprint density at radius 3 is 2.50 bits per heavy atom. The van der Waals surface area contributed by atoms with Gasteiger partial charge >= 0.3 is 10.8 Å². The van der Waals surface area contributed by atoms with Gasteiger partial charge in [0.05, 0.1) is 34.7 Å². The summed E-state index contributed by atoms with van der Waals surface area (Å²) in [5.41, 5.74) is 2.75. The van der Waals surface area contributed by atoms with Crippen LogP contribution in [-0.4, -0.2) is 34.6 Å². The normalized spacial score (nSPS) is 27.3. The average molecular weight is 673 g/mol. The van der Waals surface area contributed by atoms with E-state index < -0.39 is 17.8 Å². The number of benzene rings is 3. The van der Waals surface area contributed by atoms with Crippen LogP contribution in [0, 0.1) is 29.6 Å². The van der Waals surface area contributed by atoms with Gasteiger partial charge in [-0.1, -0.05) is 53.3 Å². The third kappa shape index (κ3) is 4.64. The summed E-state index contributed by atoms with van der Waals surface area (Å²) in [5, 5.41) is 1.54. The van der Waals surface area contributed by atoms with E-state index in [4.69, 9.17) is 21.1 Å². The maximum absolute atomic E-state index is 14.1. The van der Waals surface area contributed by atoms with Gasteiger partial charge in [0.2, 0.25) is 11.8 Å². The fourth-order valence-corrected chi connectivity index (χ4v) is 11.3. The number of ether oxygens (including phenoxy) is 2. The molecule has 1 saturated heterocycles. The first-order valence-corrected chi connectivity index (χ1v) is 17.4. The molecule has 4 aromatic rings. The topological polar surface area (TPSA) is 106 Å². The molecule has 7 atom stereocenters. The van der Waals surface area contributed by atoms with Gasteiger partial charge in [-0.2, -0.15) is 0 Å². The predicted octanol–water partition coefficient (Wildman–Crippen LogP) is 6.52. The number of hydrogen-bond acceptors (Lipinski definition) is 8. The Morgan fingerprint density at radius 2 is 1.74 bits per heavy atom. The van der Waals surface area contributed by atoms with E-state index in [-0.39, 0.29) is 52.2 Å². The molecule has 8 rings (SSSR count). The number of aromatic amines is 1. The van der Waals surface area contributed by atoms with Gasteiger partial charge in [-0.05, 0) is 79.1 Å². The molecular weight excluding hydrogens is 644 g/mol. The maximum atomic E-state index is 14.1. The molecule has 1 N–H and O–H groups in total. The third-order valence-corrected chi connectivity index (χ3v) is 12.7. The number of thiazole rings is 1. The van der Waals surface area contributed by atoms with Crippen molar-refractivity contribution in [1.82, 2.24) is 4.98 Å². The maximum Gasteiger partial charge on any atom is 0.338 e. The number of nitrogens with one attached hydrogen (secondary N) is 1. The minimum Gasteiger partial charge on any atom is -0.489 e. The van der Waals surface area contributed by atoms with Crippen LogP contribution in [0.25, 0.3) is 0 Å². The highest BCUT2D eigenvalue weighted by Gasteiger charge is 2.69. The van der Waals surface area contributed by atoms with Gasteiger partial charge in [0.1, 0.15) is 12.4 Å². The SMILES string of the molecule is CCOC(=O)c1ccc(N2C(=O)[C@H]3[C@H]4C[C@@H]([C@@H]3C2=O)[C@H]2[C@H](c3ccccc3OCc3cccc(Cl)c3)c3sc(=O)[nH]c3S[C@H]42)cc1. The molecule has 3 aromatic carbocycles. The lowest BCUT2D eigenvalue weighted by Crippen LogP contribution is -2.42. The Balaban J connectivity index is 1.14. The summed E-state index contributed by atoms with van der Waals surface area (Å²) in [6.07, 6.45) is 0.784.